The van der Waals surface area contributed by atoms with Gasteiger partial charge < -0.3 is 19.5 Å². The van der Waals surface area contributed by atoms with Gasteiger partial charge in [-0.15, -0.1) is 0 Å². The number of hydrogen-bond acceptors (Lipinski definition) is 7. The van der Waals surface area contributed by atoms with Gasteiger partial charge in [0.2, 0.25) is 12.7 Å². The number of carbonyl (C=O) groups excluding carboxylic acids is 1. The minimum absolute atomic E-state index is 0.0916. The minimum atomic E-state index is -0.0916. The highest BCUT2D eigenvalue weighted by Gasteiger charge is 2.13. The first-order chi connectivity index (χ1) is 14.2. The van der Waals surface area contributed by atoms with Crippen molar-refractivity contribution in [2.45, 2.75) is 11.7 Å². The van der Waals surface area contributed by atoms with Crippen molar-refractivity contribution in [1.29, 1.82) is 0 Å². The average molecular weight is 409 g/mol. The van der Waals surface area contributed by atoms with Crippen LogP contribution in [0.4, 0.5) is 0 Å². The number of carbonyl (C=O) groups is 1. The van der Waals surface area contributed by atoms with E-state index in [1.807, 2.05) is 48.5 Å². The lowest BCUT2D eigenvalue weighted by Crippen LogP contribution is -2.24. The van der Waals surface area contributed by atoms with E-state index in [1.165, 1.54) is 11.8 Å². The second-order valence-corrected chi connectivity index (χ2v) is 7.15. The van der Waals surface area contributed by atoms with E-state index in [-0.39, 0.29) is 18.5 Å². The van der Waals surface area contributed by atoms with Crippen LogP contribution in [0, 0.1) is 0 Å². The molecule has 0 fully saturated rings. The largest absolute Gasteiger partial charge is 0.497 e. The smallest absolute Gasteiger partial charge is 0.231 e. The standard InChI is InChI=1S/C21H19N3O4S/c1-26-16-5-3-15(4-6-16)17-8-9-22-21(24-17)29-12-20(25)23-11-14-2-7-18-19(10-14)28-13-27-18/h2-10H,11-13H2,1H3,(H,23,25). The van der Waals surface area contributed by atoms with E-state index < -0.39 is 0 Å². The molecule has 1 N–H and O–H groups in total. The molecule has 0 saturated heterocycles. The topological polar surface area (TPSA) is 82.6 Å². The lowest BCUT2D eigenvalue weighted by molar-refractivity contribution is -0.118. The average Bonchev–Trinajstić information content (AvgIpc) is 3.24. The Morgan fingerprint density at radius 3 is 2.79 bits per heavy atom. The molecular weight excluding hydrogens is 390 g/mol. The number of ether oxygens (including phenoxy) is 3. The van der Waals surface area contributed by atoms with Crippen molar-refractivity contribution >= 4 is 17.7 Å². The van der Waals surface area contributed by atoms with E-state index in [0.717, 1.165) is 28.3 Å². The molecule has 0 saturated carbocycles. The Morgan fingerprint density at radius 1 is 1.14 bits per heavy atom. The van der Waals surface area contributed by atoms with Crippen molar-refractivity contribution in [1.82, 2.24) is 15.3 Å². The van der Waals surface area contributed by atoms with Crippen LogP contribution in [0.1, 0.15) is 5.56 Å². The summed E-state index contributed by atoms with van der Waals surface area (Å²) in [5.41, 5.74) is 2.71. The monoisotopic (exact) mass is 409 g/mol. The maximum Gasteiger partial charge on any atom is 0.231 e. The number of thioether (sulfide) groups is 1. The molecule has 1 aromatic heterocycles. The number of methoxy groups -OCH3 is 1. The number of fused-ring (bicyclic) bond motifs is 1. The normalized spacial score (nSPS) is 11.9. The molecule has 1 amide bonds. The first-order valence-electron chi connectivity index (χ1n) is 8.97. The summed E-state index contributed by atoms with van der Waals surface area (Å²) < 4.78 is 15.8. The van der Waals surface area contributed by atoms with Gasteiger partial charge >= 0.3 is 0 Å². The van der Waals surface area contributed by atoms with E-state index in [2.05, 4.69) is 15.3 Å². The van der Waals surface area contributed by atoms with Gasteiger partial charge in [0.1, 0.15) is 5.75 Å². The van der Waals surface area contributed by atoms with Gasteiger partial charge in [-0.25, -0.2) is 9.97 Å². The molecular formula is C21H19N3O4S. The van der Waals surface area contributed by atoms with Crippen molar-refractivity contribution in [3.63, 3.8) is 0 Å². The van der Waals surface area contributed by atoms with E-state index >= 15 is 0 Å². The van der Waals surface area contributed by atoms with E-state index in [0.29, 0.717) is 17.5 Å². The highest BCUT2D eigenvalue weighted by Crippen LogP contribution is 2.32. The van der Waals surface area contributed by atoms with Gasteiger partial charge in [-0.3, -0.25) is 4.79 Å². The van der Waals surface area contributed by atoms with Crippen LogP contribution in [0.3, 0.4) is 0 Å². The highest BCUT2D eigenvalue weighted by atomic mass is 32.2. The summed E-state index contributed by atoms with van der Waals surface area (Å²) in [6.45, 7) is 0.653. The van der Waals surface area contributed by atoms with Crippen molar-refractivity contribution in [2.24, 2.45) is 0 Å². The third kappa shape index (κ3) is 4.78. The van der Waals surface area contributed by atoms with Crippen LogP contribution in [0.5, 0.6) is 17.2 Å². The van der Waals surface area contributed by atoms with Crippen molar-refractivity contribution in [3.05, 3.63) is 60.3 Å². The predicted octanol–water partition coefficient (Wildman–Crippen LogP) is 3.29. The number of amides is 1. The molecule has 2 aromatic carbocycles. The van der Waals surface area contributed by atoms with Crippen LogP contribution in [-0.4, -0.2) is 35.5 Å². The zero-order valence-corrected chi connectivity index (χ0v) is 16.6. The van der Waals surface area contributed by atoms with Gasteiger partial charge in [0, 0.05) is 18.3 Å². The fourth-order valence-corrected chi connectivity index (χ4v) is 3.43. The number of aromatic nitrogens is 2. The highest BCUT2D eigenvalue weighted by molar-refractivity contribution is 7.99. The van der Waals surface area contributed by atoms with Crippen molar-refractivity contribution < 1.29 is 19.0 Å². The fraction of sp³-hybridized carbons (Fsp3) is 0.190. The van der Waals surface area contributed by atoms with Gasteiger partial charge in [0.15, 0.2) is 16.7 Å². The molecule has 8 heteroatoms. The first-order valence-corrected chi connectivity index (χ1v) is 9.95. The lowest BCUT2D eigenvalue weighted by atomic mass is 10.1. The Balaban J connectivity index is 1.31. The summed E-state index contributed by atoms with van der Waals surface area (Å²) in [6.07, 6.45) is 1.69. The Kier molecular flexibility index (Phi) is 5.81. The summed E-state index contributed by atoms with van der Waals surface area (Å²) in [4.78, 5) is 21.0. The maximum absolute atomic E-state index is 12.2. The molecule has 3 aromatic rings. The summed E-state index contributed by atoms with van der Waals surface area (Å²) in [7, 11) is 1.63. The molecule has 1 aliphatic heterocycles. The fourth-order valence-electron chi connectivity index (χ4n) is 2.77. The summed E-state index contributed by atoms with van der Waals surface area (Å²) in [5, 5.41) is 3.45. The zero-order valence-electron chi connectivity index (χ0n) is 15.8. The third-order valence-corrected chi connectivity index (χ3v) is 5.14. The van der Waals surface area contributed by atoms with Crippen LogP contribution < -0.4 is 19.5 Å². The maximum atomic E-state index is 12.2. The quantitative estimate of drug-likeness (QED) is 0.474. The molecule has 0 bridgehead atoms. The van der Waals surface area contributed by atoms with Gasteiger partial charge in [0.05, 0.1) is 18.6 Å². The van der Waals surface area contributed by atoms with E-state index in [1.54, 1.807) is 13.3 Å². The number of hydrogen-bond donors (Lipinski definition) is 1. The van der Waals surface area contributed by atoms with Crippen LogP contribution >= 0.6 is 11.8 Å². The second-order valence-electron chi connectivity index (χ2n) is 6.21. The van der Waals surface area contributed by atoms with E-state index in [9.17, 15) is 4.79 Å². The van der Waals surface area contributed by atoms with Crippen LogP contribution in [-0.2, 0) is 11.3 Å². The molecule has 0 atom stereocenters. The number of rotatable bonds is 7. The van der Waals surface area contributed by atoms with Gasteiger partial charge in [0.25, 0.3) is 0 Å². The molecule has 148 valence electrons. The van der Waals surface area contributed by atoms with Gasteiger partial charge in [-0.05, 0) is 48.0 Å². The Bertz CT molecular complexity index is 1010. The van der Waals surface area contributed by atoms with Gasteiger partial charge in [-0.1, -0.05) is 17.8 Å². The third-order valence-electron chi connectivity index (χ3n) is 4.28. The predicted molar refractivity (Wildman–Crippen MR) is 109 cm³/mol. The molecule has 0 unspecified atom stereocenters. The Morgan fingerprint density at radius 2 is 1.97 bits per heavy atom. The number of nitrogens with one attached hydrogen (secondary N) is 1. The number of nitrogens with zero attached hydrogens (tertiary/aromatic N) is 2. The molecule has 0 radical (unpaired) electrons. The first kappa shape index (κ1) is 19.1. The van der Waals surface area contributed by atoms with Crippen molar-refractivity contribution in [2.75, 3.05) is 19.7 Å². The van der Waals surface area contributed by atoms with Gasteiger partial charge in [-0.2, -0.15) is 0 Å². The molecule has 2 heterocycles. The minimum Gasteiger partial charge on any atom is -0.497 e. The van der Waals surface area contributed by atoms with Crippen LogP contribution in [0.2, 0.25) is 0 Å². The molecule has 29 heavy (non-hydrogen) atoms. The molecule has 7 nitrogen and oxygen atoms in total. The number of benzene rings is 2. The van der Waals surface area contributed by atoms with E-state index in [4.69, 9.17) is 14.2 Å². The van der Waals surface area contributed by atoms with Crippen molar-refractivity contribution in [3.8, 4) is 28.5 Å². The molecule has 0 spiro atoms. The molecule has 1 aliphatic rings. The zero-order chi connectivity index (χ0) is 20.1. The lowest BCUT2D eigenvalue weighted by Gasteiger charge is -2.07. The Labute approximate surface area is 172 Å². The molecule has 4 rings (SSSR count). The second kappa shape index (κ2) is 8.83. The summed E-state index contributed by atoms with van der Waals surface area (Å²) >= 11 is 1.30. The Hall–Kier alpha value is -3.26. The van der Waals surface area contributed by atoms with Crippen LogP contribution in [0.15, 0.2) is 59.9 Å². The summed E-state index contributed by atoms with van der Waals surface area (Å²) in [5.74, 6) is 2.36. The molecule has 0 aliphatic carbocycles. The summed E-state index contributed by atoms with van der Waals surface area (Å²) in [6, 6.07) is 15.1. The SMILES string of the molecule is COc1ccc(-c2ccnc(SCC(=O)NCc3ccc4c(c3)OCO4)n2)cc1. The van der Waals surface area contributed by atoms with Crippen LogP contribution in [0.25, 0.3) is 11.3 Å².